The first-order chi connectivity index (χ1) is 14.5. The van der Waals surface area contributed by atoms with E-state index in [4.69, 9.17) is 9.90 Å². The molecule has 7 heteroatoms. The molecule has 3 saturated heterocycles. The lowest BCUT2D eigenvalue weighted by Crippen LogP contribution is -2.64. The van der Waals surface area contributed by atoms with Gasteiger partial charge in [-0.25, -0.2) is 4.98 Å². The summed E-state index contributed by atoms with van der Waals surface area (Å²) in [6.45, 7) is 7.20. The molecule has 1 aromatic rings. The first-order valence-electron chi connectivity index (χ1n) is 11.2. The van der Waals surface area contributed by atoms with Crippen LogP contribution in [0.4, 0.5) is 0 Å². The molecule has 7 nitrogen and oxygen atoms in total. The fourth-order valence-electron chi connectivity index (χ4n) is 5.69. The van der Waals surface area contributed by atoms with Gasteiger partial charge < -0.3 is 15.1 Å². The molecule has 0 saturated carbocycles. The third-order valence-corrected chi connectivity index (χ3v) is 6.94. The van der Waals surface area contributed by atoms with Crippen molar-refractivity contribution in [3.8, 4) is 5.75 Å². The Hall–Kier alpha value is -2.15. The number of aromatic hydroxyl groups is 1. The van der Waals surface area contributed by atoms with Gasteiger partial charge in [0.15, 0.2) is 5.69 Å². The lowest BCUT2D eigenvalue weighted by atomic mass is 9.71. The van der Waals surface area contributed by atoms with Gasteiger partial charge in [-0.05, 0) is 68.5 Å². The number of amides is 1. The quantitative estimate of drug-likeness (QED) is 0.731. The first-order valence-corrected chi connectivity index (χ1v) is 11.2. The van der Waals surface area contributed by atoms with Gasteiger partial charge in [-0.15, -0.1) is 0 Å². The maximum Gasteiger partial charge on any atom is 0.290 e. The monoisotopic (exact) mass is 417 g/mol. The Morgan fingerprint density at radius 1 is 1.30 bits per heavy atom. The molecular formula is C23H35N3O4. The standard InChI is InChI=1S/C22H33N3O2.CH2O2/c1-15(2)8-9-19-17-12-16(18-6-3-4-11-25(18)19)13-24(14-17)22(27)21-20(26)7-5-10-23-21;2-1-3/h5,7,10,15-19,26H,3-4,6,8-9,11-14H2,1-2H3;1H,(H,2,3)/t16-,17+,18+,19+;/m1./s1. The Balaban J connectivity index is 0.000000806. The van der Waals surface area contributed by atoms with E-state index in [2.05, 4.69) is 23.7 Å². The molecule has 4 heterocycles. The van der Waals surface area contributed by atoms with Gasteiger partial charge in [0, 0.05) is 31.4 Å². The summed E-state index contributed by atoms with van der Waals surface area (Å²) in [4.78, 5) is 30.4. The molecule has 1 aromatic heterocycles. The van der Waals surface area contributed by atoms with Gasteiger partial charge in [0.2, 0.25) is 0 Å². The Morgan fingerprint density at radius 3 is 2.73 bits per heavy atom. The highest BCUT2D eigenvalue weighted by molar-refractivity contribution is 5.94. The van der Waals surface area contributed by atoms with Crippen LogP contribution in [0.2, 0.25) is 0 Å². The van der Waals surface area contributed by atoms with Gasteiger partial charge in [-0.2, -0.15) is 0 Å². The van der Waals surface area contributed by atoms with E-state index in [0.29, 0.717) is 23.9 Å². The molecular weight excluding hydrogens is 382 g/mol. The number of hydrogen-bond donors (Lipinski definition) is 2. The van der Waals surface area contributed by atoms with Crippen LogP contribution < -0.4 is 0 Å². The highest BCUT2D eigenvalue weighted by Crippen LogP contribution is 2.43. The van der Waals surface area contributed by atoms with Crippen molar-refractivity contribution in [3.63, 3.8) is 0 Å². The van der Waals surface area contributed by atoms with E-state index in [9.17, 15) is 9.90 Å². The lowest BCUT2D eigenvalue weighted by Gasteiger charge is -2.57. The van der Waals surface area contributed by atoms with Crippen LogP contribution in [0.15, 0.2) is 18.3 Å². The van der Waals surface area contributed by atoms with Gasteiger partial charge in [0.05, 0.1) is 0 Å². The number of aromatic nitrogens is 1. The van der Waals surface area contributed by atoms with Crippen molar-refractivity contribution in [2.24, 2.45) is 17.8 Å². The fraction of sp³-hybridized carbons (Fsp3) is 0.696. The molecule has 1 amide bonds. The predicted octanol–water partition coefficient (Wildman–Crippen LogP) is 3.24. The number of fused-ring (bicyclic) bond motifs is 4. The van der Waals surface area contributed by atoms with Crippen molar-refractivity contribution in [1.82, 2.24) is 14.8 Å². The van der Waals surface area contributed by atoms with Crippen LogP contribution in [-0.4, -0.2) is 69.1 Å². The van der Waals surface area contributed by atoms with Gasteiger partial charge in [0.25, 0.3) is 12.4 Å². The average molecular weight is 418 g/mol. The van der Waals surface area contributed by atoms with E-state index < -0.39 is 0 Å². The molecule has 4 rings (SSSR count). The zero-order valence-corrected chi connectivity index (χ0v) is 18.1. The fourth-order valence-corrected chi connectivity index (χ4v) is 5.69. The van der Waals surface area contributed by atoms with Crippen LogP contribution in [-0.2, 0) is 4.79 Å². The number of pyridine rings is 1. The molecule has 3 aliphatic rings. The number of carbonyl (C=O) groups is 2. The maximum absolute atomic E-state index is 13.1. The van der Waals surface area contributed by atoms with Crippen molar-refractivity contribution < 1.29 is 19.8 Å². The molecule has 3 aliphatic heterocycles. The third-order valence-electron chi connectivity index (χ3n) is 6.94. The van der Waals surface area contributed by atoms with Crippen LogP contribution in [0.25, 0.3) is 0 Å². The summed E-state index contributed by atoms with van der Waals surface area (Å²) in [6, 6.07) is 4.44. The number of hydrogen-bond acceptors (Lipinski definition) is 5. The normalized spacial score (nSPS) is 28.3. The molecule has 3 fully saturated rings. The molecule has 2 bridgehead atoms. The molecule has 0 aromatic carbocycles. The number of nitrogens with zero attached hydrogens (tertiary/aromatic N) is 3. The second kappa shape index (κ2) is 10.2. The largest absolute Gasteiger partial charge is 0.505 e. The highest BCUT2D eigenvalue weighted by Gasteiger charge is 2.47. The second-order valence-corrected chi connectivity index (χ2v) is 9.28. The smallest absolute Gasteiger partial charge is 0.290 e. The molecule has 0 unspecified atom stereocenters. The number of likely N-dealkylation sites (tertiary alicyclic amines) is 1. The molecule has 166 valence electrons. The minimum absolute atomic E-state index is 0.00566. The highest BCUT2D eigenvalue weighted by atomic mass is 16.3. The van der Waals surface area contributed by atoms with Crippen LogP contribution in [0, 0.1) is 17.8 Å². The van der Waals surface area contributed by atoms with Crippen LogP contribution in [0.5, 0.6) is 5.75 Å². The van der Waals surface area contributed by atoms with Crippen molar-refractivity contribution in [3.05, 3.63) is 24.0 Å². The van der Waals surface area contributed by atoms with E-state index in [1.54, 1.807) is 18.3 Å². The van der Waals surface area contributed by atoms with E-state index in [-0.39, 0.29) is 23.8 Å². The van der Waals surface area contributed by atoms with E-state index >= 15 is 0 Å². The van der Waals surface area contributed by atoms with Crippen molar-refractivity contribution in [2.75, 3.05) is 19.6 Å². The summed E-state index contributed by atoms with van der Waals surface area (Å²) in [5, 5.41) is 17.0. The number of carbonyl (C=O) groups excluding carboxylic acids is 1. The predicted molar refractivity (Wildman–Crippen MR) is 114 cm³/mol. The summed E-state index contributed by atoms with van der Waals surface area (Å²) in [6.07, 6.45) is 9.24. The van der Waals surface area contributed by atoms with Gasteiger partial charge in [-0.3, -0.25) is 14.5 Å². The Labute approximate surface area is 179 Å². The second-order valence-electron chi connectivity index (χ2n) is 9.28. The molecule has 30 heavy (non-hydrogen) atoms. The van der Waals surface area contributed by atoms with Crippen molar-refractivity contribution in [1.29, 1.82) is 0 Å². The zero-order valence-electron chi connectivity index (χ0n) is 18.1. The molecule has 0 radical (unpaired) electrons. The minimum atomic E-state index is -0.250. The van der Waals surface area contributed by atoms with Crippen LogP contribution >= 0.6 is 0 Å². The summed E-state index contributed by atoms with van der Waals surface area (Å²) in [5.41, 5.74) is 0.205. The summed E-state index contributed by atoms with van der Waals surface area (Å²) in [5.74, 6) is 1.72. The van der Waals surface area contributed by atoms with Gasteiger partial charge in [-0.1, -0.05) is 20.3 Å². The Bertz CT molecular complexity index is 726. The maximum atomic E-state index is 13.1. The topological polar surface area (TPSA) is 94.0 Å². The van der Waals surface area contributed by atoms with Crippen LogP contribution in [0.3, 0.4) is 0 Å². The molecule has 4 atom stereocenters. The van der Waals surface area contributed by atoms with E-state index in [0.717, 1.165) is 19.0 Å². The molecule has 0 spiro atoms. The van der Waals surface area contributed by atoms with Gasteiger partial charge >= 0.3 is 0 Å². The molecule has 0 aliphatic carbocycles. The van der Waals surface area contributed by atoms with E-state index in [1.807, 2.05) is 4.90 Å². The SMILES string of the molecule is CC(C)CC[C@H]1[C@H]2C[C@H](CN(C(=O)c3ncccc3O)C2)[C@@H]2CCCCN21.O=CO. The average Bonchev–Trinajstić information content (AvgIpc) is 2.74. The Kier molecular flexibility index (Phi) is 7.69. The van der Waals surface area contributed by atoms with Crippen molar-refractivity contribution in [2.45, 2.75) is 64.5 Å². The minimum Gasteiger partial charge on any atom is -0.505 e. The van der Waals surface area contributed by atoms with Crippen LogP contribution in [0.1, 0.15) is 62.9 Å². The summed E-state index contributed by atoms with van der Waals surface area (Å²) < 4.78 is 0. The van der Waals surface area contributed by atoms with Crippen molar-refractivity contribution >= 4 is 12.4 Å². The molecule has 2 N–H and O–H groups in total. The zero-order chi connectivity index (χ0) is 21.7. The number of carboxylic acid groups (broad SMARTS) is 1. The summed E-state index contributed by atoms with van der Waals surface area (Å²) in [7, 11) is 0. The van der Waals surface area contributed by atoms with E-state index in [1.165, 1.54) is 45.1 Å². The lowest BCUT2D eigenvalue weighted by molar-refractivity contribution is -0.122. The summed E-state index contributed by atoms with van der Waals surface area (Å²) >= 11 is 0. The first kappa shape index (κ1) is 22.5. The number of rotatable bonds is 4. The van der Waals surface area contributed by atoms with Gasteiger partial charge in [0.1, 0.15) is 5.75 Å². The third kappa shape index (κ3) is 4.94. The Morgan fingerprint density at radius 2 is 2.03 bits per heavy atom. The number of piperidine rings is 3.